The zero-order valence-electron chi connectivity index (χ0n) is 17.3. The number of nitrogens with zero attached hydrogens (tertiary/aromatic N) is 3. The highest BCUT2D eigenvalue weighted by Gasteiger charge is 2.47. The van der Waals surface area contributed by atoms with Crippen molar-refractivity contribution >= 4 is 11.6 Å². The van der Waals surface area contributed by atoms with Crippen LogP contribution in [0.4, 0.5) is 10.1 Å². The largest absolute Gasteiger partial charge is 0.394 e. The topological polar surface area (TPSA) is 56.7 Å². The lowest BCUT2D eigenvalue weighted by Crippen LogP contribution is -2.48. The number of benzene rings is 2. The van der Waals surface area contributed by atoms with E-state index in [0.717, 1.165) is 28.8 Å². The van der Waals surface area contributed by atoms with Crippen molar-refractivity contribution in [3.63, 3.8) is 0 Å². The molecule has 5 nitrogen and oxygen atoms in total. The summed E-state index contributed by atoms with van der Waals surface area (Å²) in [6, 6.07) is 15.9. The number of rotatable bonds is 3. The lowest BCUT2D eigenvalue weighted by atomic mass is 9.81. The average Bonchev–Trinajstić information content (AvgIpc) is 3.24. The van der Waals surface area contributed by atoms with Gasteiger partial charge < -0.3 is 14.9 Å². The summed E-state index contributed by atoms with van der Waals surface area (Å²) in [5.41, 5.74) is 4.36. The van der Waals surface area contributed by atoms with Gasteiger partial charge in [0.15, 0.2) is 0 Å². The number of likely N-dealkylation sites (N-methyl/N-ethyl adjacent to an activating group) is 1. The molecule has 31 heavy (non-hydrogen) atoms. The minimum Gasteiger partial charge on any atom is -0.394 e. The molecule has 3 heterocycles. The van der Waals surface area contributed by atoms with Gasteiger partial charge in [-0.3, -0.25) is 9.78 Å². The number of hydrogen-bond donors (Lipinski definition) is 1. The maximum Gasteiger partial charge on any atom is 0.254 e. The van der Waals surface area contributed by atoms with E-state index in [1.807, 2.05) is 30.1 Å². The molecule has 2 aromatic carbocycles. The summed E-state index contributed by atoms with van der Waals surface area (Å²) >= 11 is 0. The normalized spacial score (nSPS) is 22.2. The van der Waals surface area contributed by atoms with Crippen LogP contribution in [0.3, 0.4) is 0 Å². The summed E-state index contributed by atoms with van der Waals surface area (Å²) in [4.78, 5) is 21.4. The molecule has 0 radical (unpaired) electrons. The van der Waals surface area contributed by atoms with Gasteiger partial charge in [-0.1, -0.05) is 18.2 Å². The number of hydrogen-bond acceptors (Lipinski definition) is 4. The van der Waals surface area contributed by atoms with Crippen molar-refractivity contribution < 1.29 is 14.3 Å². The molecule has 0 aliphatic carbocycles. The third kappa shape index (κ3) is 3.27. The molecular formula is C25H24FN3O2. The van der Waals surface area contributed by atoms with Crippen LogP contribution in [0.1, 0.15) is 28.4 Å². The Hall–Kier alpha value is -3.25. The highest BCUT2D eigenvalue weighted by Crippen LogP contribution is 2.49. The molecular weight excluding hydrogens is 393 g/mol. The van der Waals surface area contributed by atoms with Gasteiger partial charge in [0.2, 0.25) is 0 Å². The molecule has 1 aromatic heterocycles. The van der Waals surface area contributed by atoms with E-state index in [4.69, 9.17) is 0 Å². The van der Waals surface area contributed by atoms with Gasteiger partial charge in [0.05, 0.1) is 18.7 Å². The van der Waals surface area contributed by atoms with Gasteiger partial charge in [-0.15, -0.1) is 0 Å². The number of pyridine rings is 1. The molecule has 0 saturated carbocycles. The molecule has 0 bridgehead atoms. The minimum atomic E-state index is -0.277. The Morgan fingerprint density at radius 3 is 2.65 bits per heavy atom. The fourth-order valence-electron chi connectivity index (χ4n) is 5.19. The number of aliphatic hydroxyl groups is 1. The third-order valence-electron chi connectivity index (χ3n) is 6.70. The highest BCUT2D eigenvalue weighted by atomic mass is 19.1. The van der Waals surface area contributed by atoms with Gasteiger partial charge in [-0.2, -0.15) is 0 Å². The number of halogens is 1. The van der Waals surface area contributed by atoms with Crippen molar-refractivity contribution in [2.75, 3.05) is 25.1 Å². The fraction of sp³-hybridized carbons (Fsp3) is 0.280. The van der Waals surface area contributed by atoms with Crippen LogP contribution in [0.5, 0.6) is 0 Å². The second-order valence-electron chi connectivity index (χ2n) is 8.28. The molecule has 2 aliphatic rings. The van der Waals surface area contributed by atoms with Crippen LogP contribution in [0.25, 0.3) is 11.1 Å². The van der Waals surface area contributed by atoms with Crippen molar-refractivity contribution in [2.45, 2.75) is 18.5 Å². The van der Waals surface area contributed by atoms with Gasteiger partial charge in [0.25, 0.3) is 5.91 Å². The van der Waals surface area contributed by atoms with E-state index in [1.54, 1.807) is 30.6 Å². The van der Waals surface area contributed by atoms with Crippen molar-refractivity contribution in [1.82, 2.24) is 9.88 Å². The molecule has 1 saturated heterocycles. The molecule has 158 valence electrons. The number of anilines is 1. The van der Waals surface area contributed by atoms with Crippen LogP contribution in [0, 0.1) is 11.7 Å². The van der Waals surface area contributed by atoms with E-state index >= 15 is 0 Å². The summed E-state index contributed by atoms with van der Waals surface area (Å²) < 4.78 is 13.8. The number of carbonyl (C=O) groups is 1. The Bertz CT molecular complexity index is 1120. The van der Waals surface area contributed by atoms with Crippen LogP contribution < -0.4 is 4.90 Å². The zero-order chi connectivity index (χ0) is 21.5. The molecule has 6 heteroatoms. The third-order valence-corrected chi connectivity index (χ3v) is 6.70. The molecule has 1 fully saturated rings. The summed E-state index contributed by atoms with van der Waals surface area (Å²) in [7, 11) is 1.99. The molecule has 3 aromatic rings. The monoisotopic (exact) mass is 417 g/mol. The first-order valence-corrected chi connectivity index (χ1v) is 10.5. The maximum atomic E-state index is 13.8. The van der Waals surface area contributed by atoms with Crippen LogP contribution >= 0.6 is 0 Å². The molecule has 2 aliphatic heterocycles. The first-order chi connectivity index (χ1) is 15.1. The standard InChI is InChI=1S/C25H24FN3O2/c1-28-22-6-5-18(17-3-2-4-19(26)13-17)14-21(22)24-20(23(28)15-30)9-12-29(24)25(31)16-7-10-27-11-8-16/h2-8,10-11,13-14,20,23-24,30H,9,12,15H2,1H3/t20-,23-,24-/m1/s1. The van der Waals surface area contributed by atoms with E-state index in [1.165, 1.54) is 12.1 Å². The Kier molecular flexibility index (Phi) is 4.94. The van der Waals surface area contributed by atoms with Gasteiger partial charge in [-0.25, -0.2) is 4.39 Å². The summed E-state index contributed by atoms with van der Waals surface area (Å²) in [6.45, 7) is 0.657. The maximum absolute atomic E-state index is 13.8. The van der Waals surface area contributed by atoms with Crippen molar-refractivity contribution in [2.24, 2.45) is 5.92 Å². The second kappa shape index (κ2) is 7.78. The lowest BCUT2D eigenvalue weighted by molar-refractivity contribution is 0.0694. The number of carbonyl (C=O) groups excluding carboxylic acids is 1. The SMILES string of the molecule is CN1c2ccc(-c3cccc(F)c3)cc2[C@H]2[C@H](CCN2C(=O)c2ccncc2)[C@H]1CO. The van der Waals surface area contributed by atoms with Crippen LogP contribution in [0.2, 0.25) is 0 Å². The number of aliphatic hydroxyl groups excluding tert-OH is 1. The average molecular weight is 417 g/mol. The quantitative estimate of drug-likeness (QED) is 0.702. The molecule has 0 spiro atoms. The van der Waals surface area contributed by atoms with Gasteiger partial charge in [0, 0.05) is 43.2 Å². The lowest BCUT2D eigenvalue weighted by Gasteiger charge is -2.44. The number of amides is 1. The highest BCUT2D eigenvalue weighted by molar-refractivity contribution is 5.95. The zero-order valence-corrected chi connectivity index (χ0v) is 17.3. The fourth-order valence-corrected chi connectivity index (χ4v) is 5.19. The van der Waals surface area contributed by atoms with E-state index < -0.39 is 0 Å². The summed E-state index contributed by atoms with van der Waals surface area (Å²) in [5.74, 6) is -0.185. The van der Waals surface area contributed by atoms with Gasteiger partial charge in [0.1, 0.15) is 5.82 Å². The Labute approximate surface area is 180 Å². The molecule has 3 atom stereocenters. The minimum absolute atomic E-state index is 0.0278. The number of aromatic nitrogens is 1. The molecule has 5 rings (SSSR count). The Balaban J connectivity index is 1.61. The molecule has 1 N–H and O–H groups in total. The van der Waals surface area contributed by atoms with E-state index in [2.05, 4.69) is 16.0 Å². The Morgan fingerprint density at radius 2 is 1.90 bits per heavy atom. The smallest absolute Gasteiger partial charge is 0.254 e. The summed E-state index contributed by atoms with van der Waals surface area (Å²) in [5, 5.41) is 10.1. The van der Waals surface area contributed by atoms with Gasteiger partial charge in [-0.05, 0) is 59.5 Å². The first-order valence-electron chi connectivity index (χ1n) is 10.5. The summed E-state index contributed by atoms with van der Waals surface area (Å²) in [6.07, 6.45) is 4.07. The van der Waals surface area contributed by atoms with Crippen LogP contribution in [0.15, 0.2) is 67.0 Å². The van der Waals surface area contributed by atoms with Crippen molar-refractivity contribution in [3.8, 4) is 11.1 Å². The van der Waals surface area contributed by atoms with Crippen molar-refractivity contribution in [3.05, 3.63) is 83.9 Å². The predicted octanol–water partition coefficient (Wildman–Crippen LogP) is 3.90. The molecule has 0 unspecified atom stereocenters. The van der Waals surface area contributed by atoms with E-state index in [0.29, 0.717) is 12.1 Å². The van der Waals surface area contributed by atoms with E-state index in [9.17, 15) is 14.3 Å². The van der Waals surface area contributed by atoms with Crippen LogP contribution in [-0.4, -0.2) is 47.1 Å². The number of likely N-dealkylation sites (tertiary alicyclic amines) is 1. The number of fused-ring (bicyclic) bond motifs is 3. The second-order valence-corrected chi connectivity index (χ2v) is 8.28. The first kappa shape index (κ1) is 19.7. The van der Waals surface area contributed by atoms with Crippen molar-refractivity contribution in [1.29, 1.82) is 0 Å². The van der Waals surface area contributed by atoms with E-state index in [-0.39, 0.29) is 36.3 Å². The van der Waals surface area contributed by atoms with Crippen LogP contribution in [-0.2, 0) is 0 Å². The predicted molar refractivity (Wildman–Crippen MR) is 117 cm³/mol. The molecule has 1 amide bonds. The van der Waals surface area contributed by atoms with Gasteiger partial charge >= 0.3 is 0 Å². The Morgan fingerprint density at radius 1 is 1.13 bits per heavy atom.